The van der Waals surface area contributed by atoms with Gasteiger partial charge in [-0.05, 0) is 70.5 Å². The zero-order valence-electron chi connectivity index (χ0n) is 15.2. The van der Waals surface area contributed by atoms with Crippen LogP contribution in [0.2, 0.25) is 5.02 Å². The fourth-order valence-corrected chi connectivity index (χ4v) is 2.70. The Bertz CT molecular complexity index is 810. The van der Waals surface area contributed by atoms with Gasteiger partial charge in [-0.25, -0.2) is 5.01 Å². The highest BCUT2D eigenvalue weighted by Crippen LogP contribution is 2.19. The van der Waals surface area contributed by atoms with Crippen molar-refractivity contribution in [2.24, 2.45) is 0 Å². The van der Waals surface area contributed by atoms with Crippen LogP contribution in [0.5, 0.6) is 0 Å². The lowest BCUT2D eigenvalue weighted by Gasteiger charge is -2.35. The summed E-state index contributed by atoms with van der Waals surface area (Å²) in [7, 11) is 0. The minimum absolute atomic E-state index is 0.254. The largest absolute Gasteiger partial charge is 0.272 e. The molecule has 0 heterocycles. The second-order valence-electron chi connectivity index (χ2n) is 7.08. The van der Waals surface area contributed by atoms with E-state index in [0.717, 1.165) is 11.1 Å². The number of nitrogens with one attached hydrogen (secondary N) is 1. The Kier molecular flexibility index (Phi) is 5.53. The molecule has 2 rings (SSSR count). The molecule has 5 heteroatoms. The van der Waals surface area contributed by atoms with Crippen LogP contribution in [-0.2, 0) is 0 Å². The molecule has 1 N–H and O–H groups in total. The normalized spacial score (nSPS) is 11.1. The highest BCUT2D eigenvalue weighted by molar-refractivity contribution is 6.30. The Morgan fingerprint density at radius 3 is 2.28 bits per heavy atom. The third-order valence-electron chi connectivity index (χ3n) is 3.79. The summed E-state index contributed by atoms with van der Waals surface area (Å²) in [4.78, 5) is 25.6. The quantitative estimate of drug-likeness (QED) is 0.801. The van der Waals surface area contributed by atoms with E-state index in [-0.39, 0.29) is 11.8 Å². The van der Waals surface area contributed by atoms with Gasteiger partial charge in [0.25, 0.3) is 11.8 Å². The number of hydrogen-bond acceptors (Lipinski definition) is 2. The van der Waals surface area contributed by atoms with Gasteiger partial charge in [0.05, 0.1) is 5.54 Å². The summed E-state index contributed by atoms with van der Waals surface area (Å²) in [5, 5.41) is 1.94. The van der Waals surface area contributed by atoms with Gasteiger partial charge < -0.3 is 0 Å². The molecule has 0 radical (unpaired) electrons. The van der Waals surface area contributed by atoms with Crippen LogP contribution < -0.4 is 5.43 Å². The van der Waals surface area contributed by atoms with Gasteiger partial charge in [-0.3, -0.25) is 15.0 Å². The Balaban J connectivity index is 2.32. The number of nitrogens with zero attached hydrogens (tertiary/aromatic N) is 1. The van der Waals surface area contributed by atoms with Crippen molar-refractivity contribution in [3.63, 3.8) is 0 Å². The molecule has 2 amide bonds. The maximum Gasteiger partial charge on any atom is 0.272 e. The van der Waals surface area contributed by atoms with Crippen LogP contribution in [0.25, 0.3) is 0 Å². The first-order valence-corrected chi connectivity index (χ1v) is 8.46. The molecular formula is C20H23ClN2O2. The Morgan fingerprint density at radius 1 is 1.04 bits per heavy atom. The van der Waals surface area contributed by atoms with Crippen LogP contribution in [-0.4, -0.2) is 22.4 Å². The maximum absolute atomic E-state index is 12.9. The van der Waals surface area contributed by atoms with Gasteiger partial charge in [0.15, 0.2) is 0 Å². The van der Waals surface area contributed by atoms with Crippen LogP contribution >= 0.6 is 11.6 Å². The minimum Gasteiger partial charge on any atom is -0.267 e. The van der Waals surface area contributed by atoms with Crippen molar-refractivity contribution in [2.45, 2.75) is 40.2 Å². The summed E-state index contributed by atoms with van der Waals surface area (Å²) >= 11 is 5.95. The molecule has 0 fully saturated rings. The Hall–Kier alpha value is -2.33. The van der Waals surface area contributed by atoms with E-state index in [1.165, 1.54) is 5.01 Å². The number of halogens is 1. The van der Waals surface area contributed by atoms with Crippen molar-refractivity contribution in [3.8, 4) is 0 Å². The van der Waals surface area contributed by atoms with Crippen LogP contribution in [0.15, 0.2) is 42.5 Å². The SMILES string of the molecule is Cc1cccc(C(=O)N(NC(=O)c2ccc(Cl)cc2C)C(C)(C)C)c1. The van der Waals surface area contributed by atoms with E-state index < -0.39 is 5.54 Å². The number of benzene rings is 2. The molecule has 2 aromatic carbocycles. The van der Waals surface area contributed by atoms with Crippen molar-refractivity contribution in [2.75, 3.05) is 0 Å². The summed E-state index contributed by atoms with van der Waals surface area (Å²) in [5.41, 5.74) is 4.92. The molecule has 2 aromatic rings. The molecule has 25 heavy (non-hydrogen) atoms. The lowest BCUT2D eigenvalue weighted by atomic mass is 10.0. The Labute approximate surface area is 153 Å². The fourth-order valence-electron chi connectivity index (χ4n) is 2.47. The molecule has 0 aliphatic rings. The average molecular weight is 359 g/mol. The predicted molar refractivity (Wildman–Crippen MR) is 101 cm³/mol. The number of hydrogen-bond donors (Lipinski definition) is 1. The molecule has 0 aromatic heterocycles. The number of hydrazine groups is 1. The summed E-state index contributed by atoms with van der Waals surface area (Å²) < 4.78 is 0. The second kappa shape index (κ2) is 7.28. The number of aryl methyl sites for hydroxylation is 2. The minimum atomic E-state index is -0.586. The van der Waals surface area contributed by atoms with Gasteiger partial charge in [-0.1, -0.05) is 29.3 Å². The van der Waals surface area contributed by atoms with Gasteiger partial charge in [-0.2, -0.15) is 0 Å². The molecule has 0 unspecified atom stereocenters. The summed E-state index contributed by atoms with van der Waals surface area (Å²) in [6.45, 7) is 9.35. The third-order valence-corrected chi connectivity index (χ3v) is 4.02. The summed E-state index contributed by atoms with van der Waals surface area (Å²) in [6, 6.07) is 12.3. The molecule has 4 nitrogen and oxygen atoms in total. The van der Waals surface area contributed by atoms with Gasteiger partial charge in [0.2, 0.25) is 0 Å². The van der Waals surface area contributed by atoms with Gasteiger partial charge in [0.1, 0.15) is 0 Å². The molecule has 0 bridgehead atoms. The molecule has 132 valence electrons. The average Bonchev–Trinajstić information content (AvgIpc) is 2.50. The number of rotatable bonds is 2. The first-order chi connectivity index (χ1) is 11.6. The number of carbonyl (C=O) groups is 2. The topological polar surface area (TPSA) is 49.4 Å². The first-order valence-electron chi connectivity index (χ1n) is 8.08. The van der Waals surface area contributed by atoms with E-state index in [9.17, 15) is 9.59 Å². The summed E-state index contributed by atoms with van der Waals surface area (Å²) in [6.07, 6.45) is 0. The third kappa shape index (κ3) is 4.60. The Morgan fingerprint density at radius 2 is 1.72 bits per heavy atom. The highest BCUT2D eigenvalue weighted by Gasteiger charge is 2.30. The second-order valence-corrected chi connectivity index (χ2v) is 7.52. The van der Waals surface area contributed by atoms with Crippen molar-refractivity contribution in [3.05, 3.63) is 69.7 Å². The highest BCUT2D eigenvalue weighted by atomic mass is 35.5. The van der Waals surface area contributed by atoms with E-state index in [1.54, 1.807) is 30.3 Å². The van der Waals surface area contributed by atoms with E-state index in [1.807, 2.05) is 46.8 Å². The number of amides is 2. The standard InChI is InChI=1S/C20H23ClN2O2/c1-13-7-6-8-15(11-13)19(25)23(20(3,4)5)22-18(24)17-10-9-16(21)12-14(17)2/h6-12H,1-5H3,(H,22,24). The van der Waals surface area contributed by atoms with Crippen LogP contribution in [0.4, 0.5) is 0 Å². The van der Waals surface area contributed by atoms with Gasteiger partial charge in [-0.15, -0.1) is 0 Å². The lowest BCUT2D eigenvalue weighted by Crippen LogP contribution is -2.56. The predicted octanol–water partition coefficient (Wildman–Crippen LogP) is 4.54. The van der Waals surface area contributed by atoms with Gasteiger partial charge in [0, 0.05) is 16.1 Å². The van der Waals surface area contributed by atoms with Crippen molar-refractivity contribution < 1.29 is 9.59 Å². The molecule has 0 saturated carbocycles. The molecule has 0 aliphatic heterocycles. The zero-order chi connectivity index (χ0) is 18.8. The van der Waals surface area contributed by atoms with Crippen molar-refractivity contribution in [1.82, 2.24) is 10.4 Å². The number of carbonyl (C=O) groups excluding carboxylic acids is 2. The van der Waals surface area contributed by atoms with Gasteiger partial charge >= 0.3 is 0 Å². The van der Waals surface area contributed by atoms with Crippen LogP contribution in [0.3, 0.4) is 0 Å². The van der Waals surface area contributed by atoms with Crippen molar-refractivity contribution >= 4 is 23.4 Å². The van der Waals surface area contributed by atoms with E-state index in [4.69, 9.17) is 11.6 Å². The lowest BCUT2D eigenvalue weighted by molar-refractivity contribution is 0.0358. The summed E-state index contributed by atoms with van der Waals surface area (Å²) in [5.74, 6) is -0.596. The van der Waals surface area contributed by atoms with E-state index in [0.29, 0.717) is 16.1 Å². The van der Waals surface area contributed by atoms with Crippen molar-refractivity contribution in [1.29, 1.82) is 0 Å². The molecule has 0 aliphatic carbocycles. The molecule has 0 atom stereocenters. The molecule has 0 saturated heterocycles. The zero-order valence-corrected chi connectivity index (χ0v) is 15.9. The van der Waals surface area contributed by atoms with Crippen LogP contribution in [0, 0.1) is 13.8 Å². The maximum atomic E-state index is 12.9. The van der Waals surface area contributed by atoms with Crippen LogP contribution in [0.1, 0.15) is 52.6 Å². The van der Waals surface area contributed by atoms with E-state index in [2.05, 4.69) is 5.43 Å². The first kappa shape index (κ1) is 19.0. The molecule has 0 spiro atoms. The monoisotopic (exact) mass is 358 g/mol. The fraction of sp³-hybridized carbons (Fsp3) is 0.300. The molecular weight excluding hydrogens is 336 g/mol. The smallest absolute Gasteiger partial charge is 0.267 e. The van der Waals surface area contributed by atoms with E-state index >= 15 is 0 Å².